The van der Waals surface area contributed by atoms with Crippen LogP contribution in [0.15, 0.2) is 30.3 Å². The summed E-state index contributed by atoms with van der Waals surface area (Å²) in [6.07, 6.45) is 6.23. The number of nitrogens with zero attached hydrogens (tertiary/aromatic N) is 3. The highest BCUT2D eigenvalue weighted by molar-refractivity contribution is 5.15. The van der Waals surface area contributed by atoms with E-state index in [0.717, 1.165) is 32.5 Å². The van der Waals surface area contributed by atoms with Gasteiger partial charge in [-0.1, -0.05) is 50.1 Å². The molecule has 25 heavy (non-hydrogen) atoms. The monoisotopic (exact) mass is 345 g/mol. The van der Waals surface area contributed by atoms with Gasteiger partial charge in [-0.3, -0.25) is 19.9 Å². The lowest BCUT2D eigenvalue weighted by Gasteiger charge is -2.36. The van der Waals surface area contributed by atoms with E-state index in [1.54, 1.807) is 0 Å². The van der Waals surface area contributed by atoms with Crippen molar-refractivity contribution in [2.45, 2.75) is 63.6 Å². The lowest BCUT2D eigenvalue weighted by molar-refractivity contribution is -0.571. The molecule has 3 rings (SSSR count). The fourth-order valence-corrected chi connectivity index (χ4v) is 4.51. The quantitative estimate of drug-likeness (QED) is 0.584. The second-order valence-electron chi connectivity index (χ2n) is 7.86. The highest BCUT2D eigenvalue weighted by atomic mass is 16.6. The molecule has 0 saturated carbocycles. The molecule has 0 radical (unpaired) electrons. The van der Waals surface area contributed by atoms with Crippen LogP contribution >= 0.6 is 0 Å². The molecule has 5 nitrogen and oxygen atoms in total. The molecule has 2 heterocycles. The Kier molecular flexibility index (Phi) is 6.07. The molecular weight excluding hydrogens is 314 g/mol. The Morgan fingerprint density at radius 3 is 2.76 bits per heavy atom. The Balaban J connectivity index is 1.85. The number of unbranched alkanes of at least 4 members (excludes halogenated alkanes) is 1. The van der Waals surface area contributed by atoms with Crippen LogP contribution in [0.4, 0.5) is 0 Å². The summed E-state index contributed by atoms with van der Waals surface area (Å²) in [6, 6.07) is 10.9. The predicted octanol–water partition coefficient (Wildman–Crippen LogP) is 3.56. The molecule has 0 amide bonds. The number of benzene rings is 1. The fourth-order valence-electron chi connectivity index (χ4n) is 4.51. The zero-order valence-electron chi connectivity index (χ0n) is 15.4. The molecule has 0 spiro atoms. The molecule has 0 aromatic heterocycles. The van der Waals surface area contributed by atoms with Gasteiger partial charge < -0.3 is 0 Å². The molecule has 0 bridgehead atoms. The first-order valence-corrected chi connectivity index (χ1v) is 9.78. The van der Waals surface area contributed by atoms with Gasteiger partial charge in [0.1, 0.15) is 0 Å². The van der Waals surface area contributed by atoms with E-state index < -0.39 is 5.54 Å². The fraction of sp³-hybridized carbons (Fsp3) is 0.700. The third-order valence-electron chi connectivity index (χ3n) is 5.87. The minimum absolute atomic E-state index is 0.0393. The van der Waals surface area contributed by atoms with E-state index in [1.165, 1.54) is 24.8 Å². The summed E-state index contributed by atoms with van der Waals surface area (Å²) >= 11 is 0. The molecule has 2 atom stereocenters. The van der Waals surface area contributed by atoms with Crippen molar-refractivity contribution >= 4 is 0 Å². The van der Waals surface area contributed by atoms with Crippen molar-refractivity contribution in [3.63, 3.8) is 0 Å². The lowest BCUT2D eigenvalue weighted by atomic mass is 9.91. The Morgan fingerprint density at radius 2 is 2.04 bits per heavy atom. The first-order chi connectivity index (χ1) is 12.1. The highest BCUT2D eigenvalue weighted by Crippen LogP contribution is 2.30. The number of hydrogen-bond acceptors (Lipinski definition) is 4. The maximum absolute atomic E-state index is 12.2. The Bertz CT molecular complexity index is 565. The van der Waals surface area contributed by atoms with E-state index in [9.17, 15) is 10.1 Å². The van der Waals surface area contributed by atoms with Gasteiger partial charge in [-0.2, -0.15) is 0 Å². The normalized spacial score (nSPS) is 28.3. The van der Waals surface area contributed by atoms with E-state index in [-0.39, 0.29) is 4.92 Å². The second-order valence-corrected chi connectivity index (χ2v) is 7.86. The van der Waals surface area contributed by atoms with Crippen molar-refractivity contribution in [2.75, 3.05) is 26.2 Å². The summed E-state index contributed by atoms with van der Waals surface area (Å²) in [5.74, 6) is 0. The Hall–Kier alpha value is -1.46. The third-order valence-corrected chi connectivity index (χ3v) is 5.87. The number of hydrogen-bond donors (Lipinski definition) is 0. The standard InChI is InChI=1S/C20H31N3O2/c1-2-3-12-20(23(24)25)16-21(14-18-9-5-4-6-10-18)15-19-11-7-8-13-22(19)17-20/h4-6,9-10,19H,2-3,7-8,11-17H2,1H3. The zero-order valence-corrected chi connectivity index (χ0v) is 15.4. The van der Waals surface area contributed by atoms with E-state index in [2.05, 4.69) is 41.0 Å². The average Bonchev–Trinajstić information content (AvgIpc) is 2.77. The third kappa shape index (κ3) is 4.39. The van der Waals surface area contributed by atoms with Gasteiger partial charge in [-0.15, -0.1) is 0 Å². The lowest BCUT2D eigenvalue weighted by Crippen LogP contribution is -2.54. The Labute approximate surface area is 151 Å². The van der Waals surface area contributed by atoms with E-state index in [4.69, 9.17) is 0 Å². The largest absolute Gasteiger partial charge is 0.292 e. The number of piperidine rings is 1. The zero-order chi connectivity index (χ0) is 17.7. The maximum Gasteiger partial charge on any atom is 0.247 e. The van der Waals surface area contributed by atoms with Crippen LogP contribution in [0.3, 0.4) is 0 Å². The molecule has 2 fully saturated rings. The topological polar surface area (TPSA) is 49.6 Å². The second kappa shape index (κ2) is 8.28. The van der Waals surface area contributed by atoms with Crippen LogP contribution in [0.25, 0.3) is 0 Å². The molecule has 0 aliphatic carbocycles. The van der Waals surface area contributed by atoms with Crippen molar-refractivity contribution in [3.8, 4) is 0 Å². The summed E-state index contributed by atoms with van der Waals surface area (Å²) in [5.41, 5.74) is 0.427. The van der Waals surface area contributed by atoms with Gasteiger partial charge in [0.2, 0.25) is 5.54 Å². The molecule has 2 unspecified atom stereocenters. The summed E-state index contributed by atoms with van der Waals surface area (Å²) in [5, 5.41) is 12.2. The first-order valence-electron chi connectivity index (χ1n) is 9.78. The van der Waals surface area contributed by atoms with Crippen LogP contribution in [0.5, 0.6) is 0 Å². The molecule has 2 saturated heterocycles. The molecular formula is C20H31N3O2. The first kappa shape index (κ1) is 18.3. The molecule has 1 aromatic carbocycles. The average molecular weight is 345 g/mol. The molecule has 0 N–H and O–H groups in total. The SMILES string of the molecule is CCCCC1([N+](=O)[O-])CN(Cc2ccccc2)CC2CCCCN2C1. The summed E-state index contributed by atoms with van der Waals surface area (Å²) in [6.45, 7) is 6.10. The van der Waals surface area contributed by atoms with Gasteiger partial charge >= 0.3 is 0 Å². The Morgan fingerprint density at radius 1 is 1.24 bits per heavy atom. The molecule has 2 aliphatic rings. The number of nitro groups is 1. The van der Waals surface area contributed by atoms with Crippen molar-refractivity contribution < 1.29 is 4.92 Å². The summed E-state index contributed by atoms with van der Waals surface area (Å²) in [7, 11) is 0. The van der Waals surface area contributed by atoms with Crippen molar-refractivity contribution in [3.05, 3.63) is 46.0 Å². The van der Waals surface area contributed by atoms with E-state index in [0.29, 0.717) is 25.6 Å². The summed E-state index contributed by atoms with van der Waals surface area (Å²) in [4.78, 5) is 17.0. The van der Waals surface area contributed by atoms with Crippen molar-refractivity contribution in [1.82, 2.24) is 9.80 Å². The number of rotatable bonds is 6. The molecule has 5 heteroatoms. The van der Waals surface area contributed by atoms with Crippen LogP contribution in [-0.2, 0) is 6.54 Å². The van der Waals surface area contributed by atoms with Gasteiger partial charge in [-0.25, -0.2) is 0 Å². The van der Waals surface area contributed by atoms with Crippen LogP contribution in [-0.4, -0.2) is 52.5 Å². The van der Waals surface area contributed by atoms with E-state index >= 15 is 0 Å². The van der Waals surface area contributed by atoms with Crippen LogP contribution in [0.1, 0.15) is 51.0 Å². The minimum atomic E-state index is -0.823. The van der Waals surface area contributed by atoms with Crippen LogP contribution in [0, 0.1) is 10.1 Å². The van der Waals surface area contributed by atoms with Gasteiger partial charge in [-0.05, 0) is 31.4 Å². The van der Waals surface area contributed by atoms with E-state index in [1.807, 2.05) is 6.07 Å². The summed E-state index contributed by atoms with van der Waals surface area (Å²) < 4.78 is 0. The molecule has 1 aromatic rings. The smallest absolute Gasteiger partial charge is 0.247 e. The maximum atomic E-state index is 12.2. The van der Waals surface area contributed by atoms with Crippen molar-refractivity contribution in [2.24, 2.45) is 0 Å². The van der Waals surface area contributed by atoms with Gasteiger partial charge in [0.25, 0.3) is 0 Å². The minimum Gasteiger partial charge on any atom is -0.292 e. The van der Waals surface area contributed by atoms with Crippen LogP contribution in [0.2, 0.25) is 0 Å². The number of fused-ring (bicyclic) bond motifs is 1. The van der Waals surface area contributed by atoms with Gasteiger partial charge in [0.05, 0.1) is 13.1 Å². The van der Waals surface area contributed by atoms with Crippen LogP contribution < -0.4 is 0 Å². The van der Waals surface area contributed by atoms with Gasteiger partial charge in [0.15, 0.2) is 0 Å². The van der Waals surface area contributed by atoms with Crippen molar-refractivity contribution in [1.29, 1.82) is 0 Å². The van der Waals surface area contributed by atoms with Gasteiger partial charge in [0, 0.05) is 30.5 Å². The predicted molar refractivity (Wildman–Crippen MR) is 100 cm³/mol. The molecule has 2 aliphatic heterocycles. The highest BCUT2D eigenvalue weighted by Gasteiger charge is 2.49. The molecule has 138 valence electrons.